The van der Waals surface area contributed by atoms with Crippen molar-refractivity contribution in [2.24, 2.45) is 0 Å². The van der Waals surface area contributed by atoms with Crippen molar-refractivity contribution in [1.29, 1.82) is 0 Å². The van der Waals surface area contributed by atoms with Crippen molar-refractivity contribution in [2.45, 2.75) is 13.1 Å². The number of methoxy groups -OCH3 is 1. The number of phenols is 1. The number of halogens is 1. The Bertz CT molecular complexity index is 569. The summed E-state index contributed by atoms with van der Waals surface area (Å²) < 4.78 is 5.12. The molecule has 1 N–H and O–H groups in total. The lowest BCUT2D eigenvalue weighted by Gasteiger charge is -2.17. The van der Waals surface area contributed by atoms with E-state index in [0.717, 1.165) is 23.7 Å². The van der Waals surface area contributed by atoms with Gasteiger partial charge in [0.05, 0.1) is 7.11 Å². The number of benzene rings is 2. The van der Waals surface area contributed by atoms with Gasteiger partial charge < -0.3 is 9.84 Å². The third-order valence-electron chi connectivity index (χ3n) is 3.06. The number of phenolic OH excluding ortho intramolecular Hbond substituents is 1. The molecule has 0 unspecified atom stereocenters. The molecule has 0 radical (unpaired) electrons. The molecule has 0 saturated carbocycles. The zero-order chi connectivity index (χ0) is 14.5. The molecule has 0 amide bonds. The summed E-state index contributed by atoms with van der Waals surface area (Å²) >= 11 is 5.88. The predicted octanol–water partition coefficient (Wildman–Crippen LogP) is 3.69. The molecule has 0 atom stereocenters. The maximum absolute atomic E-state index is 9.58. The van der Waals surface area contributed by atoms with Crippen molar-refractivity contribution in [1.82, 2.24) is 4.90 Å². The summed E-state index contributed by atoms with van der Waals surface area (Å²) in [5, 5.41) is 10.3. The summed E-state index contributed by atoms with van der Waals surface area (Å²) in [5.74, 6) is 0.666. The molecule has 0 aliphatic carbocycles. The van der Waals surface area contributed by atoms with Crippen LogP contribution in [0.1, 0.15) is 11.1 Å². The highest BCUT2D eigenvalue weighted by atomic mass is 35.5. The Morgan fingerprint density at radius 3 is 2.30 bits per heavy atom. The maximum atomic E-state index is 9.58. The number of ether oxygens (including phenoxy) is 1. The maximum Gasteiger partial charge on any atom is 0.160 e. The Kier molecular flexibility index (Phi) is 4.88. The highest BCUT2D eigenvalue weighted by molar-refractivity contribution is 6.30. The minimum absolute atomic E-state index is 0.164. The monoisotopic (exact) mass is 291 g/mol. The third kappa shape index (κ3) is 3.89. The summed E-state index contributed by atoms with van der Waals surface area (Å²) in [6.07, 6.45) is 0. The van der Waals surface area contributed by atoms with Crippen LogP contribution in [0.3, 0.4) is 0 Å². The molecule has 0 saturated heterocycles. The van der Waals surface area contributed by atoms with Gasteiger partial charge in [-0.3, -0.25) is 4.90 Å². The molecule has 106 valence electrons. The van der Waals surface area contributed by atoms with Gasteiger partial charge in [-0.15, -0.1) is 0 Å². The van der Waals surface area contributed by atoms with Crippen LogP contribution in [0, 0.1) is 0 Å². The summed E-state index contributed by atoms with van der Waals surface area (Å²) in [5.41, 5.74) is 2.30. The Morgan fingerprint density at radius 2 is 1.65 bits per heavy atom. The Morgan fingerprint density at radius 1 is 1.05 bits per heavy atom. The summed E-state index contributed by atoms with van der Waals surface area (Å²) in [6, 6.07) is 13.3. The van der Waals surface area contributed by atoms with Gasteiger partial charge in [0.15, 0.2) is 11.5 Å². The van der Waals surface area contributed by atoms with Gasteiger partial charge in [-0.05, 0) is 42.4 Å². The van der Waals surface area contributed by atoms with E-state index >= 15 is 0 Å². The van der Waals surface area contributed by atoms with Gasteiger partial charge in [0.25, 0.3) is 0 Å². The third-order valence-corrected chi connectivity index (χ3v) is 3.31. The average molecular weight is 292 g/mol. The zero-order valence-electron chi connectivity index (χ0n) is 11.6. The smallest absolute Gasteiger partial charge is 0.160 e. The second-order valence-corrected chi connectivity index (χ2v) is 5.24. The fraction of sp³-hybridized carbons (Fsp3) is 0.250. The topological polar surface area (TPSA) is 32.7 Å². The molecule has 0 heterocycles. The van der Waals surface area contributed by atoms with Crippen LogP contribution >= 0.6 is 11.6 Å². The predicted molar refractivity (Wildman–Crippen MR) is 81.3 cm³/mol. The van der Waals surface area contributed by atoms with Crippen LogP contribution in [0.15, 0.2) is 42.5 Å². The largest absolute Gasteiger partial charge is 0.504 e. The van der Waals surface area contributed by atoms with Gasteiger partial charge in [-0.2, -0.15) is 0 Å². The molecule has 0 aliphatic rings. The Balaban J connectivity index is 2.00. The molecule has 3 nitrogen and oxygen atoms in total. The van der Waals surface area contributed by atoms with Crippen molar-refractivity contribution < 1.29 is 9.84 Å². The fourth-order valence-corrected chi connectivity index (χ4v) is 2.22. The van der Waals surface area contributed by atoms with E-state index in [4.69, 9.17) is 16.3 Å². The van der Waals surface area contributed by atoms with Crippen molar-refractivity contribution in [3.8, 4) is 11.5 Å². The first-order chi connectivity index (χ1) is 9.58. The molecule has 2 rings (SSSR count). The number of hydrogen-bond donors (Lipinski definition) is 1. The van der Waals surface area contributed by atoms with Crippen LogP contribution in [0.2, 0.25) is 5.02 Å². The van der Waals surface area contributed by atoms with Crippen LogP contribution < -0.4 is 4.74 Å². The first-order valence-electron chi connectivity index (χ1n) is 6.37. The molecule has 2 aromatic rings. The number of hydrogen-bond acceptors (Lipinski definition) is 3. The van der Waals surface area contributed by atoms with E-state index < -0.39 is 0 Å². The highest BCUT2D eigenvalue weighted by Gasteiger charge is 2.06. The molecular formula is C16H18ClNO2. The number of rotatable bonds is 5. The van der Waals surface area contributed by atoms with Crippen LogP contribution in [-0.4, -0.2) is 24.2 Å². The number of nitrogens with zero attached hydrogens (tertiary/aromatic N) is 1. The average Bonchev–Trinajstić information content (AvgIpc) is 2.43. The second-order valence-electron chi connectivity index (χ2n) is 4.80. The lowest BCUT2D eigenvalue weighted by atomic mass is 10.1. The minimum atomic E-state index is 0.164. The first-order valence-corrected chi connectivity index (χ1v) is 6.75. The van der Waals surface area contributed by atoms with Gasteiger partial charge in [-0.1, -0.05) is 29.8 Å². The van der Waals surface area contributed by atoms with Gasteiger partial charge in [0, 0.05) is 18.1 Å². The standard InChI is InChI=1S/C16H18ClNO2/c1-18(10-12-3-6-14(17)7-4-12)11-13-5-8-15(19)16(9-13)20-2/h3-9,19H,10-11H2,1-2H3. The van der Waals surface area contributed by atoms with Crippen molar-refractivity contribution in [2.75, 3.05) is 14.2 Å². The van der Waals surface area contributed by atoms with Crippen molar-refractivity contribution in [3.05, 3.63) is 58.6 Å². The van der Waals surface area contributed by atoms with E-state index in [-0.39, 0.29) is 5.75 Å². The van der Waals surface area contributed by atoms with E-state index in [9.17, 15) is 5.11 Å². The van der Waals surface area contributed by atoms with Crippen LogP contribution in [0.5, 0.6) is 11.5 Å². The fourth-order valence-electron chi connectivity index (χ4n) is 2.09. The lowest BCUT2D eigenvalue weighted by molar-refractivity contribution is 0.317. The molecule has 20 heavy (non-hydrogen) atoms. The van der Waals surface area contributed by atoms with Gasteiger partial charge in [0.2, 0.25) is 0 Å². The van der Waals surface area contributed by atoms with Gasteiger partial charge in [-0.25, -0.2) is 0 Å². The Labute approximate surface area is 124 Å². The lowest BCUT2D eigenvalue weighted by Crippen LogP contribution is -2.17. The number of aromatic hydroxyl groups is 1. The molecule has 0 fully saturated rings. The molecule has 4 heteroatoms. The highest BCUT2D eigenvalue weighted by Crippen LogP contribution is 2.26. The van der Waals surface area contributed by atoms with Crippen LogP contribution in [0.4, 0.5) is 0 Å². The van der Waals surface area contributed by atoms with Crippen molar-refractivity contribution in [3.63, 3.8) is 0 Å². The van der Waals surface area contributed by atoms with Crippen LogP contribution in [-0.2, 0) is 13.1 Å². The van der Waals surface area contributed by atoms with E-state index in [1.54, 1.807) is 13.2 Å². The quantitative estimate of drug-likeness (QED) is 0.912. The molecule has 0 spiro atoms. The minimum Gasteiger partial charge on any atom is -0.504 e. The summed E-state index contributed by atoms with van der Waals surface area (Å²) in [4.78, 5) is 2.19. The molecule has 0 bridgehead atoms. The molecule has 0 aromatic heterocycles. The van der Waals surface area contributed by atoms with E-state index in [0.29, 0.717) is 5.75 Å². The van der Waals surface area contributed by atoms with E-state index in [2.05, 4.69) is 4.90 Å². The normalized spacial score (nSPS) is 10.8. The first kappa shape index (κ1) is 14.7. The van der Waals surface area contributed by atoms with E-state index in [1.807, 2.05) is 43.4 Å². The second kappa shape index (κ2) is 6.64. The molecule has 2 aromatic carbocycles. The molecule has 0 aliphatic heterocycles. The van der Waals surface area contributed by atoms with Crippen LogP contribution in [0.25, 0.3) is 0 Å². The summed E-state index contributed by atoms with van der Waals surface area (Å²) in [7, 11) is 3.60. The van der Waals surface area contributed by atoms with Gasteiger partial charge in [0.1, 0.15) is 0 Å². The van der Waals surface area contributed by atoms with Gasteiger partial charge >= 0.3 is 0 Å². The Hall–Kier alpha value is -1.71. The zero-order valence-corrected chi connectivity index (χ0v) is 12.4. The summed E-state index contributed by atoms with van der Waals surface area (Å²) in [6.45, 7) is 1.61. The SMILES string of the molecule is COc1cc(CN(C)Cc2ccc(Cl)cc2)ccc1O. The van der Waals surface area contributed by atoms with E-state index in [1.165, 1.54) is 5.56 Å². The molecular weight excluding hydrogens is 274 g/mol. The van der Waals surface area contributed by atoms with Crippen molar-refractivity contribution >= 4 is 11.6 Å².